The minimum Gasteiger partial charge on any atom is -0.490 e. The summed E-state index contributed by atoms with van der Waals surface area (Å²) < 4.78 is 5.76. The molecule has 0 amide bonds. The van der Waals surface area contributed by atoms with Crippen LogP contribution in [0.15, 0.2) is 36.4 Å². The van der Waals surface area contributed by atoms with Gasteiger partial charge in [0, 0.05) is 11.1 Å². The predicted molar refractivity (Wildman–Crippen MR) is 90.1 cm³/mol. The number of benzene rings is 2. The lowest BCUT2D eigenvalue weighted by Gasteiger charge is -2.18. The first-order chi connectivity index (χ1) is 11.0. The third kappa shape index (κ3) is 3.71. The number of ether oxygens (including phenoxy) is 1. The van der Waals surface area contributed by atoms with Crippen molar-refractivity contribution in [3.63, 3.8) is 0 Å². The topological polar surface area (TPSA) is 66.8 Å². The summed E-state index contributed by atoms with van der Waals surface area (Å²) in [5.41, 5.74) is 3.82. The van der Waals surface area contributed by atoms with E-state index in [9.17, 15) is 15.0 Å². The van der Waals surface area contributed by atoms with Crippen molar-refractivity contribution in [2.24, 2.45) is 0 Å². The van der Waals surface area contributed by atoms with Crippen LogP contribution in [0.25, 0.3) is 11.1 Å². The average Bonchev–Trinajstić information content (AvgIpc) is 2.52. The van der Waals surface area contributed by atoms with Gasteiger partial charge in [-0.25, -0.2) is 4.79 Å². The van der Waals surface area contributed by atoms with Crippen LogP contribution in [0.1, 0.15) is 35.3 Å². The van der Waals surface area contributed by atoms with E-state index in [4.69, 9.17) is 4.74 Å². The van der Waals surface area contributed by atoms with Crippen molar-refractivity contribution in [3.8, 4) is 16.9 Å². The standard InChI is InChI=1S/C19H22O4/c1-4-14-7-5-6-8-16(14)17-10-9-15(19(21)22)13(3)18(17)23-11-12(2)20/h5-10,12,20H,4,11H2,1-3H3,(H,21,22). The van der Waals surface area contributed by atoms with Crippen molar-refractivity contribution < 1.29 is 19.7 Å². The lowest BCUT2D eigenvalue weighted by molar-refractivity contribution is 0.0695. The van der Waals surface area contributed by atoms with Gasteiger partial charge in [0.15, 0.2) is 0 Å². The van der Waals surface area contributed by atoms with Crippen LogP contribution < -0.4 is 4.74 Å². The number of carboxylic acid groups (broad SMARTS) is 1. The number of carbonyl (C=O) groups is 1. The Balaban J connectivity index is 2.62. The summed E-state index contributed by atoms with van der Waals surface area (Å²) in [5, 5.41) is 18.8. The zero-order chi connectivity index (χ0) is 17.0. The monoisotopic (exact) mass is 314 g/mol. The van der Waals surface area contributed by atoms with Gasteiger partial charge in [0.1, 0.15) is 12.4 Å². The van der Waals surface area contributed by atoms with Crippen LogP contribution >= 0.6 is 0 Å². The Bertz CT molecular complexity index is 705. The van der Waals surface area contributed by atoms with Crippen LogP contribution in [0.3, 0.4) is 0 Å². The molecule has 2 aromatic carbocycles. The first-order valence-electron chi connectivity index (χ1n) is 7.71. The van der Waals surface area contributed by atoms with Crippen LogP contribution in [-0.4, -0.2) is 28.9 Å². The molecule has 0 bridgehead atoms. The molecule has 4 nitrogen and oxygen atoms in total. The molecule has 0 radical (unpaired) electrons. The van der Waals surface area contributed by atoms with E-state index in [-0.39, 0.29) is 12.2 Å². The minimum absolute atomic E-state index is 0.116. The van der Waals surface area contributed by atoms with Crippen LogP contribution in [0.5, 0.6) is 5.75 Å². The van der Waals surface area contributed by atoms with E-state index in [0.717, 1.165) is 23.1 Å². The molecule has 0 saturated carbocycles. The van der Waals surface area contributed by atoms with E-state index in [1.54, 1.807) is 26.0 Å². The van der Waals surface area contributed by atoms with Gasteiger partial charge >= 0.3 is 5.97 Å². The molecular weight excluding hydrogens is 292 g/mol. The predicted octanol–water partition coefficient (Wildman–Crippen LogP) is 3.68. The molecule has 0 aromatic heterocycles. The maximum Gasteiger partial charge on any atom is 0.336 e. The molecule has 0 heterocycles. The zero-order valence-electron chi connectivity index (χ0n) is 13.7. The Hall–Kier alpha value is -2.33. The number of aliphatic hydroxyl groups excluding tert-OH is 1. The highest BCUT2D eigenvalue weighted by Crippen LogP contribution is 2.37. The molecule has 122 valence electrons. The fraction of sp³-hybridized carbons (Fsp3) is 0.316. The number of rotatable bonds is 6. The lowest BCUT2D eigenvalue weighted by Crippen LogP contribution is -2.15. The van der Waals surface area contributed by atoms with Crippen LogP contribution in [0, 0.1) is 6.92 Å². The average molecular weight is 314 g/mol. The quantitative estimate of drug-likeness (QED) is 0.853. The summed E-state index contributed by atoms with van der Waals surface area (Å²) in [6, 6.07) is 11.4. The van der Waals surface area contributed by atoms with Crippen LogP contribution in [-0.2, 0) is 6.42 Å². The van der Waals surface area contributed by atoms with Crippen molar-refractivity contribution in [1.82, 2.24) is 0 Å². The highest BCUT2D eigenvalue weighted by atomic mass is 16.5. The molecule has 2 rings (SSSR count). The van der Waals surface area contributed by atoms with Gasteiger partial charge in [0.2, 0.25) is 0 Å². The summed E-state index contributed by atoms with van der Waals surface area (Å²) in [7, 11) is 0. The minimum atomic E-state index is -0.986. The van der Waals surface area contributed by atoms with Gasteiger partial charge in [-0.3, -0.25) is 0 Å². The normalized spacial score (nSPS) is 12.0. The van der Waals surface area contributed by atoms with Crippen molar-refractivity contribution in [1.29, 1.82) is 0 Å². The number of aryl methyl sites for hydroxylation is 1. The van der Waals surface area contributed by atoms with Crippen molar-refractivity contribution in [2.75, 3.05) is 6.61 Å². The second-order valence-electron chi connectivity index (χ2n) is 5.59. The smallest absolute Gasteiger partial charge is 0.336 e. The van der Waals surface area contributed by atoms with Crippen LogP contribution in [0.4, 0.5) is 0 Å². The second kappa shape index (κ2) is 7.29. The van der Waals surface area contributed by atoms with Gasteiger partial charge in [-0.2, -0.15) is 0 Å². The summed E-state index contributed by atoms with van der Waals surface area (Å²) in [6.07, 6.45) is 0.239. The second-order valence-corrected chi connectivity index (χ2v) is 5.59. The molecule has 4 heteroatoms. The molecule has 2 aromatic rings. The number of carboxylic acids is 1. The van der Waals surface area contributed by atoms with Crippen molar-refractivity contribution in [3.05, 3.63) is 53.1 Å². The first-order valence-corrected chi connectivity index (χ1v) is 7.71. The molecule has 0 aliphatic heterocycles. The lowest BCUT2D eigenvalue weighted by atomic mass is 9.94. The van der Waals surface area contributed by atoms with E-state index in [0.29, 0.717) is 11.3 Å². The van der Waals surface area contributed by atoms with Gasteiger partial charge in [-0.15, -0.1) is 0 Å². The molecule has 0 aliphatic carbocycles. The van der Waals surface area contributed by atoms with Gasteiger partial charge in [0.25, 0.3) is 0 Å². The van der Waals surface area contributed by atoms with E-state index >= 15 is 0 Å². The Morgan fingerprint density at radius 1 is 1.17 bits per heavy atom. The number of hydrogen-bond acceptors (Lipinski definition) is 3. The maximum atomic E-state index is 11.4. The van der Waals surface area contributed by atoms with E-state index < -0.39 is 12.1 Å². The zero-order valence-corrected chi connectivity index (χ0v) is 13.7. The molecule has 0 aliphatic rings. The fourth-order valence-corrected chi connectivity index (χ4v) is 2.62. The number of aromatic carboxylic acids is 1. The molecule has 1 unspecified atom stereocenters. The Labute approximate surface area is 136 Å². The molecule has 1 atom stereocenters. The highest BCUT2D eigenvalue weighted by molar-refractivity contribution is 5.92. The Kier molecular flexibility index (Phi) is 5.40. The molecule has 0 spiro atoms. The molecule has 23 heavy (non-hydrogen) atoms. The van der Waals surface area contributed by atoms with Gasteiger partial charge in [-0.05, 0) is 43.5 Å². The molecule has 2 N–H and O–H groups in total. The van der Waals surface area contributed by atoms with E-state index in [2.05, 4.69) is 6.92 Å². The fourth-order valence-electron chi connectivity index (χ4n) is 2.62. The SMILES string of the molecule is CCc1ccccc1-c1ccc(C(=O)O)c(C)c1OCC(C)O. The summed E-state index contributed by atoms with van der Waals surface area (Å²) in [4.78, 5) is 11.4. The molecule has 0 fully saturated rings. The number of aliphatic hydroxyl groups is 1. The van der Waals surface area contributed by atoms with E-state index in [1.807, 2.05) is 24.3 Å². The summed E-state index contributed by atoms with van der Waals surface area (Å²) in [5.74, 6) is -0.466. The first kappa shape index (κ1) is 17.0. The maximum absolute atomic E-state index is 11.4. The third-order valence-corrected chi connectivity index (χ3v) is 3.79. The van der Waals surface area contributed by atoms with Gasteiger partial charge < -0.3 is 14.9 Å². The van der Waals surface area contributed by atoms with E-state index in [1.165, 1.54) is 0 Å². The summed E-state index contributed by atoms with van der Waals surface area (Å²) >= 11 is 0. The van der Waals surface area contributed by atoms with Gasteiger partial charge in [-0.1, -0.05) is 31.2 Å². The van der Waals surface area contributed by atoms with Gasteiger partial charge in [0.05, 0.1) is 11.7 Å². The highest BCUT2D eigenvalue weighted by Gasteiger charge is 2.18. The Morgan fingerprint density at radius 2 is 1.87 bits per heavy atom. The van der Waals surface area contributed by atoms with Crippen LogP contribution in [0.2, 0.25) is 0 Å². The summed E-state index contributed by atoms with van der Waals surface area (Å²) in [6.45, 7) is 5.56. The molecule has 0 saturated heterocycles. The molecular formula is C19H22O4. The van der Waals surface area contributed by atoms with Crippen molar-refractivity contribution in [2.45, 2.75) is 33.3 Å². The van der Waals surface area contributed by atoms with Crippen molar-refractivity contribution >= 4 is 5.97 Å². The third-order valence-electron chi connectivity index (χ3n) is 3.79. The largest absolute Gasteiger partial charge is 0.490 e. The number of hydrogen-bond donors (Lipinski definition) is 2. The Morgan fingerprint density at radius 3 is 2.48 bits per heavy atom.